The fourth-order valence-electron chi connectivity index (χ4n) is 10.1. The molecule has 0 heterocycles. The van der Waals surface area contributed by atoms with Gasteiger partial charge in [0.2, 0.25) is 0 Å². The number of Topliss-reactive ketones (excluding diaryl/α,β-unsaturated/α-hetero) is 1. The summed E-state index contributed by atoms with van der Waals surface area (Å²) >= 11 is 0. The van der Waals surface area contributed by atoms with Gasteiger partial charge in [0, 0.05) is 23.2 Å². The van der Waals surface area contributed by atoms with E-state index in [2.05, 4.69) is 54.5 Å². The second-order valence-corrected chi connectivity index (χ2v) is 14.6. The van der Waals surface area contributed by atoms with Crippen molar-refractivity contribution in [2.45, 2.75) is 106 Å². The van der Waals surface area contributed by atoms with Gasteiger partial charge in [-0.15, -0.1) is 0 Å². The molecule has 0 aromatic heterocycles. The SMILES string of the molecule is CC1(C=O)CCC2(C)CCC3(C)C(=CC(=O)C4C5(C)CCC(=O)C(C)(C)C5CCC43C)C2C1. The minimum atomic E-state index is -0.347. The molecule has 33 heavy (non-hydrogen) atoms. The van der Waals surface area contributed by atoms with Crippen molar-refractivity contribution >= 4 is 17.9 Å². The average Bonchev–Trinajstić information content (AvgIpc) is 2.74. The lowest BCUT2D eigenvalue weighted by molar-refractivity contribution is -0.187. The molecule has 5 aliphatic carbocycles. The second kappa shape index (κ2) is 6.70. The Morgan fingerprint density at radius 2 is 1.55 bits per heavy atom. The summed E-state index contributed by atoms with van der Waals surface area (Å²) in [5.41, 5.74) is 0.694. The Kier molecular flexibility index (Phi) is 4.77. The van der Waals surface area contributed by atoms with E-state index < -0.39 is 0 Å². The molecule has 0 aliphatic heterocycles. The summed E-state index contributed by atoms with van der Waals surface area (Å²) in [4.78, 5) is 39.1. The van der Waals surface area contributed by atoms with Gasteiger partial charge in [-0.3, -0.25) is 9.59 Å². The van der Waals surface area contributed by atoms with E-state index in [4.69, 9.17) is 0 Å². The summed E-state index contributed by atoms with van der Waals surface area (Å²) in [5, 5.41) is 0. The molecule has 3 nitrogen and oxygen atoms in total. The topological polar surface area (TPSA) is 51.2 Å². The van der Waals surface area contributed by atoms with Crippen LogP contribution in [0.2, 0.25) is 0 Å². The van der Waals surface area contributed by atoms with Gasteiger partial charge in [0.15, 0.2) is 5.78 Å². The fourth-order valence-corrected chi connectivity index (χ4v) is 10.1. The van der Waals surface area contributed by atoms with E-state index in [1.165, 1.54) is 18.3 Å². The van der Waals surface area contributed by atoms with Crippen LogP contribution in [0, 0.1) is 50.2 Å². The molecule has 0 saturated heterocycles. The Labute approximate surface area is 200 Å². The molecule has 0 amide bonds. The Morgan fingerprint density at radius 1 is 0.879 bits per heavy atom. The maximum absolute atomic E-state index is 14.2. The molecule has 5 aliphatic rings. The van der Waals surface area contributed by atoms with Gasteiger partial charge in [-0.1, -0.05) is 54.0 Å². The van der Waals surface area contributed by atoms with Crippen molar-refractivity contribution in [1.82, 2.24) is 0 Å². The van der Waals surface area contributed by atoms with Crippen LogP contribution in [0.4, 0.5) is 0 Å². The number of ketones is 2. The third-order valence-corrected chi connectivity index (χ3v) is 12.6. The summed E-state index contributed by atoms with van der Waals surface area (Å²) in [5.74, 6) is 1.26. The van der Waals surface area contributed by atoms with Gasteiger partial charge in [0.05, 0.1) is 0 Å². The van der Waals surface area contributed by atoms with E-state index >= 15 is 0 Å². The predicted octanol–water partition coefficient (Wildman–Crippen LogP) is 6.74. The maximum Gasteiger partial charge on any atom is 0.159 e. The van der Waals surface area contributed by atoms with E-state index in [-0.39, 0.29) is 44.3 Å². The molecule has 3 heteroatoms. The zero-order valence-electron chi connectivity index (χ0n) is 22.0. The lowest BCUT2D eigenvalue weighted by atomic mass is 9.33. The van der Waals surface area contributed by atoms with Crippen LogP contribution in [0.1, 0.15) is 106 Å². The average molecular weight is 453 g/mol. The van der Waals surface area contributed by atoms with Crippen molar-refractivity contribution < 1.29 is 14.4 Å². The smallest absolute Gasteiger partial charge is 0.159 e. The molecular formula is C30H44O3. The minimum Gasteiger partial charge on any atom is -0.303 e. The van der Waals surface area contributed by atoms with Crippen molar-refractivity contribution in [3.63, 3.8) is 0 Å². The van der Waals surface area contributed by atoms with Gasteiger partial charge in [-0.2, -0.15) is 0 Å². The van der Waals surface area contributed by atoms with Crippen molar-refractivity contribution in [2.75, 3.05) is 0 Å². The standard InChI is InChI=1S/C30H44O3/c1-25(2)22-8-11-30(7)24(28(22,5)10-9-23(25)33)21(32)16-19-20-17-26(3,18-31)12-13-27(20,4)14-15-29(19,30)6/h16,18,20,22,24H,8-15,17H2,1-7H3. The number of allylic oxidation sites excluding steroid dienone is 2. The first-order chi connectivity index (χ1) is 15.2. The third kappa shape index (κ3) is 2.77. The number of carbonyl (C=O) groups excluding carboxylic acids is 3. The summed E-state index contributed by atoms with van der Waals surface area (Å²) in [6.45, 7) is 16.0. The van der Waals surface area contributed by atoms with E-state index in [0.29, 0.717) is 23.9 Å². The molecule has 0 spiro atoms. The lowest BCUT2D eigenvalue weighted by Crippen LogP contribution is -2.66. The van der Waals surface area contributed by atoms with Gasteiger partial charge in [0.25, 0.3) is 0 Å². The van der Waals surface area contributed by atoms with Crippen molar-refractivity contribution in [3.05, 3.63) is 11.6 Å². The summed E-state index contributed by atoms with van der Waals surface area (Å²) in [6.07, 6.45) is 12.0. The number of aldehydes is 1. The highest BCUT2D eigenvalue weighted by molar-refractivity contribution is 5.96. The van der Waals surface area contributed by atoms with Crippen LogP contribution in [0.15, 0.2) is 11.6 Å². The summed E-state index contributed by atoms with van der Waals surface area (Å²) < 4.78 is 0. The highest BCUT2D eigenvalue weighted by Gasteiger charge is 2.70. The predicted molar refractivity (Wildman–Crippen MR) is 131 cm³/mol. The zero-order chi connectivity index (χ0) is 24.2. The monoisotopic (exact) mass is 452 g/mol. The largest absolute Gasteiger partial charge is 0.303 e. The number of hydrogen-bond donors (Lipinski definition) is 0. The van der Waals surface area contributed by atoms with E-state index in [1.807, 2.05) is 0 Å². The maximum atomic E-state index is 14.2. The van der Waals surface area contributed by atoms with Crippen molar-refractivity contribution in [1.29, 1.82) is 0 Å². The van der Waals surface area contributed by atoms with E-state index in [1.54, 1.807) is 0 Å². The molecule has 0 N–H and O–H groups in total. The van der Waals surface area contributed by atoms with Gasteiger partial charge < -0.3 is 4.79 Å². The van der Waals surface area contributed by atoms with E-state index in [0.717, 1.165) is 44.9 Å². The van der Waals surface area contributed by atoms with Crippen LogP contribution in [0.25, 0.3) is 0 Å². The summed E-state index contributed by atoms with van der Waals surface area (Å²) in [6, 6.07) is 0. The van der Waals surface area contributed by atoms with Gasteiger partial charge in [0.1, 0.15) is 12.1 Å². The third-order valence-electron chi connectivity index (χ3n) is 12.6. The van der Waals surface area contributed by atoms with Crippen LogP contribution in [-0.4, -0.2) is 17.9 Å². The zero-order valence-corrected chi connectivity index (χ0v) is 22.0. The van der Waals surface area contributed by atoms with Gasteiger partial charge in [-0.25, -0.2) is 0 Å². The first kappa shape index (κ1) is 23.5. The second-order valence-electron chi connectivity index (χ2n) is 14.6. The molecular weight excluding hydrogens is 408 g/mol. The van der Waals surface area contributed by atoms with Crippen LogP contribution in [0.5, 0.6) is 0 Å². The Morgan fingerprint density at radius 3 is 2.21 bits per heavy atom. The number of rotatable bonds is 1. The van der Waals surface area contributed by atoms with Crippen LogP contribution in [0.3, 0.4) is 0 Å². The van der Waals surface area contributed by atoms with Crippen molar-refractivity contribution in [3.8, 4) is 0 Å². The first-order valence-electron chi connectivity index (χ1n) is 13.4. The van der Waals surface area contributed by atoms with Gasteiger partial charge >= 0.3 is 0 Å². The molecule has 0 bridgehead atoms. The Hall–Kier alpha value is -1.25. The Balaban J connectivity index is 1.63. The normalized spacial score (nSPS) is 53.2. The Bertz CT molecular complexity index is 960. The molecule has 0 radical (unpaired) electrons. The highest BCUT2D eigenvalue weighted by Crippen LogP contribution is 2.74. The highest BCUT2D eigenvalue weighted by atomic mass is 16.1. The van der Waals surface area contributed by atoms with Crippen molar-refractivity contribution in [2.24, 2.45) is 50.2 Å². The quantitative estimate of drug-likeness (QED) is 0.414. The lowest BCUT2D eigenvalue weighted by Gasteiger charge is -2.69. The van der Waals surface area contributed by atoms with Crippen LogP contribution < -0.4 is 0 Å². The molecule has 0 aromatic carbocycles. The number of hydrogen-bond acceptors (Lipinski definition) is 3. The molecule has 4 fully saturated rings. The van der Waals surface area contributed by atoms with Gasteiger partial charge in [-0.05, 0) is 90.9 Å². The molecule has 4 saturated carbocycles. The number of fused-ring (bicyclic) bond motifs is 7. The van der Waals surface area contributed by atoms with E-state index in [9.17, 15) is 14.4 Å². The van der Waals surface area contributed by atoms with Crippen LogP contribution >= 0.6 is 0 Å². The molecule has 8 atom stereocenters. The first-order valence-corrected chi connectivity index (χ1v) is 13.4. The van der Waals surface area contributed by atoms with Crippen LogP contribution in [-0.2, 0) is 14.4 Å². The summed E-state index contributed by atoms with van der Waals surface area (Å²) in [7, 11) is 0. The molecule has 0 aromatic rings. The molecule has 8 unspecified atom stereocenters. The molecule has 5 rings (SSSR count). The molecule has 182 valence electrons. The fraction of sp³-hybridized carbons (Fsp3) is 0.833. The number of carbonyl (C=O) groups is 3. The minimum absolute atomic E-state index is 0.0174.